The van der Waals surface area contributed by atoms with E-state index in [1.807, 2.05) is 6.92 Å². The molecular weight excluding hydrogens is 442 g/mol. The van der Waals surface area contributed by atoms with Gasteiger partial charge in [0, 0.05) is 29.7 Å². The van der Waals surface area contributed by atoms with Crippen LogP contribution in [0.1, 0.15) is 63.0 Å². The lowest BCUT2D eigenvalue weighted by Gasteiger charge is -2.32. The van der Waals surface area contributed by atoms with Crippen molar-refractivity contribution in [1.29, 1.82) is 0 Å². The Morgan fingerprint density at radius 3 is 2.65 bits per heavy atom. The van der Waals surface area contributed by atoms with Crippen molar-refractivity contribution < 1.29 is 34.5 Å². The van der Waals surface area contributed by atoms with Crippen LogP contribution in [0.4, 0.5) is 0 Å². The second kappa shape index (κ2) is 12.6. The lowest BCUT2D eigenvalue weighted by atomic mass is 9.72. The third kappa shape index (κ3) is 8.06. The molecule has 1 unspecified atom stereocenters. The topological polar surface area (TPSA) is 136 Å². The Labute approximate surface area is 198 Å². The van der Waals surface area contributed by atoms with E-state index in [4.69, 9.17) is 9.84 Å². The van der Waals surface area contributed by atoms with Crippen LogP contribution < -0.4 is 4.74 Å². The summed E-state index contributed by atoms with van der Waals surface area (Å²) in [7, 11) is 0. The Hall–Kier alpha value is -3.62. The number of rotatable bonds is 12. The summed E-state index contributed by atoms with van der Waals surface area (Å²) in [5.74, 6) is -1.99. The van der Waals surface area contributed by atoms with Crippen LogP contribution in [0, 0.1) is 16.0 Å². The van der Waals surface area contributed by atoms with Crippen LogP contribution in [0.2, 0.25) is 0 Å². The standard InChI is InChI=1S/C25H31NO8/c1-16(2)20-9-8-17(3)13-21(20)25-18(7-5-4-6-12-33-26(31)32)14-19(15-22(25)27)34-24(30)11-10-23(28)29/h10-11,13-15,20-21,27H,1,4-9,12H2,2-3H3,(H,28,29)/b11-10-/t20?,21-/m0/s1. The smallest absolute Gasteiger partial charge is 0.336 e. The van der Waals surface area contributed by atoms with Crippen molar-refractivity contribution in [3.63, 3.8) is 0 Å². The van der Waals surface area contributed by atoms with Crippen molar-refractivity contribution in [3.05, 3.63) is 69.3 Å². The molecule has 9 nitrogen and oxygen atoms in total. The molecule has 0 saturated heterocycles. The minimum atomic E-state index is -1.28. The van der Waals surface area contributed by atoms with Crippen molar-refractivity contribution in [2.45, 2.75) is 58.3 Å². The van der Waals surface area contributed by atoms with Crippen molar-refractivity contribution in [2.24, 2.45) is 5.92 Å². The number of hydrogen-bond acceptors (Lipinski definition) is 7. The van der Waals surface area contributed by atoms with Gasteiger partial charge in [0.25, 0.3) is 5.09 Å². The number of phenolic OH excluding ortho intramolecular Hbond substituents is 1. The van der Waals surface area contributed by atoms with Crippen LogP contribution in [0.25, 0.3) is 0 Å². The highest BCUT2D eigenvalue weighted by Crippen LogP contribution is 2.45. The summed E-state index contributed by atoms with van der Waals surface area (Å²) in [6.45, 7) is 8.18. The Morgan fingerprint density at radius 2 is 2.00 bits per heavy atom. The number of nitrogens with zero attached hydrogens (tertiary/aromatic N) is 1. The fourth-order valence-electron chi connectivity index (χ4n) is 4.25. The van der Waals surface area contributed by atoms with E-state index < -0.39 is 17.0 Å². The first-order valence-electron chi connectivity index (χ1n) is 11.2. The fraction of sp³-hybridized carbons (Fsp3) is 0.440. The average molecular weight is 474 g/mol. The van der Waals surface area contributed by atoms with E-state index in [1.165, 1.54) is 11.6 Å². The van der Waals surface area contributed by atoms with Gasteiger partial charge >= 0.3 is 11.9 Å². The largest absolute Gasteiger partial charge is 0.507 e. The van der Waals surface area contributed by atoms with E-state index >= 15 is 0 Å². The van der Waals surface area contributed by atoms with Gasteiger partial charge in [-0.25, -0.2) is 9.59 Å². The lowest BCUT2D eigenvalue weighted by molar-refractivity contribution is -0.757. The fourth-order valence-corrected chi connectivity index (χ4v) is 4.25. The molecule has 184 valence electrons. The summed E-state index contributed by atoms with van der Waals surface area (Å²) >= 11 is 0. The molecule has 0 amide bonds. The normalized spacial score (nSPS) is 17.8. The average Bonchev–Trinajstić information content (AvgIpc) is 2.74. The SMILES string of the molecule is C=C(C)C1CCC(C)=C[C@@H]1c1c(O)cc(OC(=O)/C=C\C(=O)O)cc1CCCCCO[N+](=O)[O-]. The molecule has 0 radical (unpaired) electrons. The van der Waals surface area contributed by atoms with Gasteiger partial charge in [-0.3, -0.25) is 0 Å². The zero-order chi connectivity index (χ0) is 25.3. The summed E-state index contributed by atoms with van der Waals surface area (Å²) < 4.78 is 5.22. The predicted octanol–water partition coefficient (Wildman–Crippen LogP) is 4.88. The van der Waals surface area contributed by atoms with Gasteiger partial charge in [-0.1, -0.05) is 30.2 Å². The summed E-state index contributed by atoms with van der Waals surface area (Å²) in [6.07, 6.45) is 7.89. The third-order valence-electron chi connectivity index (χ3n) is 5.80. The maximum atomic E-state index is 12.0. The number of ether oxygens (including phenoxy) is 1. The molecule has 0 aromatic heterocycles. The molecule has 0 heterocycles. The van der Waals surface area contributed by atoms with Crippen LogP contribution in [0.15, 0.2) is 48.1 Å². The number of aromatic hydroxyl groups is 1. The number of carbonyl (C=O) groups is 2. The van der Waals surface area contributed by atoms with Gasteiger partial charge in [0.15, 0.2) is 0 Å². The number of allylic oxidation sites excluding steroid dienone is 3. The first-order valence-corrected chi connectivity index (χ1v) is 11.2. The Morgan fingerprint density at radius 1 is 1.26 bits per heavy atom. The van der Waals surface area contributed by atoms with Gasteiger partial charge < -0.3 is 19.8 Å². The van der Waals surface area contributed by atoms with E-state index in [1.54, 1.807) is 6.07 Å². The maximum absolute atomic E-state index is 12.0. The van der Waals surface area contributed by atoms with E-state index in [0.29, 0.717) is 31.8 Å². The van der Waals surface area contributed by atoms with Crippen molar-refractivity contribution in [3.8, 4) is 11.5 Å². The highest BCUT2D eigenvalue weighted by molar-refractivity contribution is 5.91. The molecule has 2 N–H and O–H groups in total. The van der Waals surface area contributed by atoms with Crippen LogP contribution in [-0.2, 0) is 20.8 Å². The molecule has 2 rings (SSSR count). The third-order valence-corrected chi connectivity index (χ3v) is 5.80. The monoisotopic (exact) mass is 473 g/mol. The Bertz CT molecular complexity index is 995. The number of hydrogen-bond donors (Lipinski definition) is 2. The van der Waals surface area contributed by atoms with Crippen LogP contribution >= 0.6 is 0 Å². The summed E-state index contributed by atoms with van der Waals surface area (Å²) in [5.41, 5.74) is 3.78. The van der Waals surface area contributed by atoms with Crippen LogP contribution in [0.5, 0.6) is 11.5 Å². The quantitative estimate of drug-likeness (QED) is 0.0834. The van der Waals surface area contributed by atoms with Crippen LogP contribution in [0.3, 0.4) is 0 Å². The molecule has 1 aliphatic rings. The summed E-state index contributed by atoms with van der Waals surface area (Å²) in [6, 6.07) is 3.05. The Balaban J connectivity index is 2.33. The van der Waals surface area contributed by atoms with Crippen molar-refractivity contribution >= 4 is 11.9 Å². The summed E-state index contributed by atoms with van der Waals surface area (Å²) in [5, 5.41) is 29.1. The number of esters is 1. The number of phenols is 1. The van der Waals surface area contributed by atoms with Gasteiger partial charge in [0.2, 0.25) is 0 Å². The molecule has 2 atom stereocenters. The molecule has 0 bridgehead atoms. The predicted molar refractivity (Wildman–Crippen MR) is 125 cm³/mol. The van der Waals surface area contributed by atoms with E-state index in [-0.39, 0.29) is 29.9 Å². The number of carboxylic acid groups (broad SMARTS) is 1. The van der Waals surface area contributed by atoms with Crippen molar-refractivity contribution in [1.82, 2.24) is 0 Å². The second-order valence-corrected chi connectivity index (χ2v) is 8.51. The van der Waals surface area contributed by atoms with Gasteiger partial charge in [0.1, 0.15) is 11.5 Å². The number of unbranched alkanes of at least 4 members (excludes halogenated alkanes) is 2. The minimum absolute atomic E-state index is 0.0126. The Kier molecular flexibility index (Phi) is 9.85. The molecule has 0 fully saturated rings. The van der Waals surface area contributed by atoms with E-state index in [0.717, 1.165) is 35.6 Å². The highest BCUT2D eigenvalue weighted by atomic mass is 16.9. The number of aryl methyl sites for hydroxylation is 1. The van der Waals surface area contributed by atoms with Gasteiger partial charge in [0.05, 0.1) is 6.61 Å². The number of carbonyl (C=O) groups excluding carboxylic acids is 1. The van der Waals surface area contributed by atoms with Crippen LogP contribution in [-0.4, -0.2) is 33.8 Å². The van der Waals surface area contributed by atoms with Crippen molar-refractivity contribution in [2.75, 3.05) is 6.61 Å². The highest BCUT2D eigenvalue weighted by Gasteiger charge is 2.30. The second-order valence-electron chi connectivity index (χ2n) is 8.51. The van der Waals surface area contributed by atoms with Gasteiger partial charge in [-0.05, 0) is 63.5 Å². The molecule has 1 aromatic rings. The molecule has 0 saturated carbocycles. The number of carboxylic acids is 1. The summed E-state index contributed by atoms with van der Waals surface area (Å²) in [4.78, 5) is 37.2. The van der Waals surface area contributed by atoms with E-state index in [9.17, 15) is 24.8 Å². The molecule has 34 heavy (non-hydrogen) atoms. The molecule has 9 heteroatoms. The minimum Gasteiger partial charge on any atom is -0.507 e. The van der Waals surface area contributed by atoms with Gasteiger partial charge in [-0.2, -0.15) is 0 Å². The molecule has 0 aliphatic heterocycles. The maximum Gasteiger partial charge on any atom is 0.336 e. The zero-order valence-electron chi connectivity index (χ0n) is 19.5. The molecule has 0 spiro atoms. The molecule has 1 aromatic carbocycles. The van der Waals surface area contributed by atoms with Gasteiger partial charge in [-0.15, -0.1) is 10.1 Å². The zero-order valence-corrected chi connectivity index (χ0v) is 19.5. The molecular formula is C25H31NO8. The lowest BCUT2D eigenvalue weighted by Crippen LogP contribution is -2.18. The van der Waals surface area contributed by atoms with E-state index in [2.05, 4.69) is 24.4 Å². The number of benzene rings is 1. The first kappa shape index (κ1) is 26.6. The molecule has 1 aliphatic carbocycles. The number of aliphatic carboxylic acids is 1. The first-order chi connectivity index (χ1) is 16.1.